The van der Waals surface area contributed by atoms with Crippen molar-refractivity contribution in [1.82, 2.24) is 10.1 Å². The summed E-state index contributed by atoms with van der Waals surface area (Å²) in [4.78, 5) is 14.0. The van der Waals surface area contributed by atoms with Gasteiger partial charge in [0, 0.05) is 12.6 Å². The van der Waals surface area contributed by atoms with E-state index in [2.05, 4.69) is 10.1 Å². The maximum Gasteiger partial charge on any atom is 0.323 e. The predicted molar refractivity (Wildman–Crippen MR) is 74.3 cm³/mol. The first kappa shape index (κ1) is 13.9. The number of ether oxygens (including phenoxy) is 1. The van der Waals surface area contributed by atoms with Crippen molar-refractivity contribution in [3.63, 3.8) is 0 Å². The van der Waals surface area contributed by atoms with Crippen molar-refractivity contribution in [3.8, 4) is 11.5 Å². The van der Waals surface area contributed by atoms with Gasteiger partial charge in [-0.1, -0.05) is 5.16 Å². The van der Waals surface area contributed by atoms with E-state index in [1.807, 2.05) is 19.1 Å². The molecule has 3 rings (SSSR count). The van der Waals surface area contributed by atoms with Gasteiger partial charge in [0.1, 0.15) is 6.04 Å². The van der Waals surface area contributed by atoms with Crippen LogP contribution in [0.2, 0.25) is 0 Å². The molecule has 0 spiro atoms. The number of carbonyl (C=O) groups excluding carboxylic acids is 1. The van der Waals surface area contributed by atoms with Crippen LogP contribution in [0, 0.1) is 0 Å². The zero-order chi connectivity index (χ0) is 14.7. The van der Waals surface area contributed by atoms with Crippen LogP contribution < -0.4 is 0 Å². The molecule has 6 heteroatoms. The van der Waals surface area contributed by atoms with Crippen molar-refractivity contribution in [1.29, 1.82) is 0 Å². The van der Waals surface area contributed by atoms with E-state index in [0.29, 0.717) is 24.7 Å². The number of esters is 1. The Morgan fingerprint density at radius 2 is 2.43 bits per heavy atom. The predicted octanol–water partition coefficient (Wildman–Crippen LogP) is 2.46. The van der Waals surface area contributed by atoms with Gasteiger partial charge in [0.2, 0.25) is 5.76 Å². The molecule has 3 heterocycles. The number of hydrogen-bond donors (Lipinski definition) is 0. The Morgan fingerprint density at radius 1 is 1.52 bits per heavy atom. The summed E-state index contributed by atoms with van der Waals surface area (Å²) in [5.41, 5.74) is 0.789. The van der Waals surface area contributed by atoms with Gasteiger partial charge in [-0.3, -0.25) is 9.69 Å². The van der Waals surface area contributed by atoms with E-state index in [4.69, 9.17) is 13.7 Å². The molecule has 1 atom stereocenters. The zero-order valence-electron chi connectivity index (χ0n) is 11.9. The van der Waals surface area contributed by atoms with Crippen LogP contribution in [-0.4, -0.2) is 35.2 Å². The Labute approximate surface area is 122 Å². The first-order valence-electron chi connectivity index (χ1n) is 7.18. The van der Waals surface area contributed by atoms with E-state index in [9.17, 15) is 4.79 Å². The normalized spacial score (nSPS) is 19.0. The standard InChI is InChI=1S/C15H18N2O4/c1-2-19-15(18)12-5-3-7-17(12)10-11-9-14(21-16-11)13-6-4-8-20-13/h4,6,8-9,12H,2-3,5,7,10H2,1H3. The average Bonchev–Trinajstić information content (AvgIpc) is 3.20. The number of furan rings is 1. The fraction of sp³-hybridized carbons (Fsp3) is 0.467. The fourth-order valence-corrected chi connectivity index (χ4v) is 2.65. The second-order valence-corrected chi connectivity index (χ2v) is 5.04. The molecule has 0 radical (unpaired) electrons. The molecule has 1 saturated heterocycles. The highest BCUT2D eigenvalue weighted by Gasteiger charge is 2.32. The lowest BCUT2D eigenvalue weighted by molar-refractivity contribution is -0.148. The van der Waals surface area contributed by atoms with Crippen molar-refractivity contribution in [2.45, 2.75) is 32.4 Å². The quantitative estimate of drug-likeness (QED) is 0.788. The molecule has 21 heavy (non-hydrogen) atoms. The highest BCUT2D eigenvalue weighted by atomic mass is 16.5. The van der Waals surface area contributed by atoms with Crippen LogP contribution in [0.4, 0.5) is 0 Å². The van der Waals surface area contributed by atoms with E-state index >= 15 is 0 Å². The topological polar surface area (TPSA) is 68.7 Å². The summed E-state index contributed by atoms with van der Waals surface area (Å²) in [5, 5.41) is 4.05. The number of nitrogens with zero attached hydrogens (tertiary/aromatic N) is 2. The second-order valence-electron chi connectivity index (χ2n) is 5.04. The van der Waals surface area contributed by atoms with Crippen molar-refractivity contribution in [2.75, 3.05) is 13.2 Å². The van der Waals surface area contributed by atoms with E-state index in [1.54, 1.807) is 12.3 Å². The van der Waals surface area contributed by atoms with Crippen molar-refractivity contribution < 1.29 is 18.5 Å². The first-order chi connectivity index (χ1) is 10.3. The number of aromatic nitrogens is 1. The van der Waals surface area contributed by atoms with Gasteiger partial charge < -0.3 is 13.7 Å². The number of rotatable bonds is 5. The molecular weight excluding hydrogens is 272 g/mol. The molecule has 0 saturated carbocycles. The summed E-state index contributed by atoms with van der Waals surface area (Å²) in [6.07, 6.45) is 3.42. The van der Waals surface area contributed by atoms with Gasteiger partial charge in [-0.25, -0.2) is 0 Å². The highest BCUT2D eigenvalue weighted by Crippen LogP contribution is 2.24. The number of carbonyl (C=O) groups is 1. The van der Waals surface area contributed by atoms with Gasteiger partial charge in [-0.15, -0.1) is 0 Å². The molecule has 1 fully saturated rings. The molecule has 2 aromatic heterocycles. The van der Waals surface area contributed by atoms with Crippen LogP contribution in [0.5, 0.6) is 0 Å². The minimum absolute atomic E-state index is 0.148. The second kappa shape index (κ2) is 6.13. The van der Waals surface area contributed by atoms with Crippen LogP contribution in [0.15, 0.2) is 33.4 Å². The zero-order valence-corrected chi connectivity index (χ0v) is 11.9. The summed E-state index contributed by atoms with van der Waals surface area (Å²) in [6, 6.07) is 5.30. The third kappa shape index (κ3) is 3.00. The molecule has 6 nitrogen and oxygen atoms in total. The Hall–Kier alpha value is -2.08. The summed E-state index contributed by atoms with van der Waals surface area (Å²) < 4.78 is 15.7. The Kier molecular flexibility index (Phi) is 4.06. The maximum atomic E-state index is 11.9. The summed E-state index contributed by atoms with van der Waals surface area (Å²) >= 11 is 0. The lowest BCUT2D eigenvalue weighted by Crippen LogP contribution is -2.36. The molecule has 1 unspecified atom stereocenters. The van der Waals surface area contributed by atoms with E-state index in [0.717, 1.165) is 25.1 Å². The van der Waals surface area contributed by atoms with Crippen molar-refractivity contribution in [2.24, 2.45) is 0 Å². The SMILES string of the molecule is CCOC(=O)C1CCCN1Cc1cc(-c2ccco2)on1. The largest absolute Gasteiger partial charge is 0.465 e. The maximum absolute atomic E-state index is 11.9. The van der Waals surface area contributed by atoms with Gasteiger partial charge >= 0.3 is 5.97 Å². The molecule has 0 aromatic carbocycles. The van der Waals surface area contributed by atoms with E-state index < -0.39 is 0 Å². The van der Waals surface area contributed by atoms with Gasteiger partial charge in [0.15, 0.2) is 5.76 Å². The lowest BCUT2D eigenvalue weighted by atomic mass is 10.2. The fourth-order valence-electron chi connectivity index (χ4n) is 2.65. The third-order valence-corrected chi connectivity index (χ3v) is 3.61. The summed E-state index contributed by atoms with van der Waals surface area (Å²) in [6.45, 7) is 3.68. The monoisotopic (exact) mass is 290 g/mol. The smallest absolute Gasteiger partial charge is 0.323 e. The molecule has 112 valence electrons. The molecule has 0 aliphatic carbocycles. The molecule has 0 N–H and O–H groups in total. The minimum atomic E-state index is -0.172. The molecule has 1 aliphatic rings. The van der Waals surface area contributed by atoms with Crippen LogP contribution in [0.25, 0.3) is 11.5 Å². The summed E-state index contributed by atoms with van der Waals surface area (Å²) in [5.74, 6) is 1.10. The average molecular weight is 290 g/mol. The van der Waals surface area contributed by atoms with Gasteiger partial charge in [0.05, 0.1) is 18.6 Å². The van der Waals surface area contributed by atoms with Gasteiger partial charge in [-0.05, 0) is 38.4 Å². The Balaban J connectivity index is 1.67. The summed E-state index contributed by atoms with van der Waals surface area (Å²) in [7, 11) is 0. The lowest BCUT2D eigenvalue weighted by Gasteiger charge is -2.21. The van der Waals surface area contributed by atoms with E-state index in [1.165, 1.54) is 0 Å². The van der Waals surface area contributed by atoms with Crippen LogP contribution in [-0.2, 0) is 16.1 Å². The molecule has 0 amide bonds. The van der Waals surface area contributed by atoms with Gasteiger partial charge in [-0.2, -0.15) is 0 Å². The highest BCUT2D eigenvalue weighted by molar-refractivity contribution is 5.76. The van der Waals surface area contributed by atoms with Crippen LogP contribution in [0.3, 0.4) is 0 Å². The van der Waals surface area contributed by atoms with Crippen LogP contribution in [0.1, 0.15) is 25.5 Å². The van der Waals surface area contributed by atoms with Gasteiger partial charge in [0.25, 0.3) is 0 Å². The van der Waals surface area contributed by atoms with Crippen molar-refractivity contribution >= 4 is 5.97 Å². The Morgan fingerprint density at radius 3 is 3.19 bits per heavy atom. The molecular formula is C15H18N2O4. The third-order valence-electron chi connectivity index (χ3n) is 3.61. The van der Waals surface area contributed by atoms with E-state index in [-0.39, 0.29) is 12.0 Å². The molecule has 1 aliphatic heterocycles. The molecule has 2 aromatic rings. The Bertz CT molecular complexity index is 591. The number of hydrogen-bond acceptors (Lipinski definition) is 6. The first-order valence-corrected chi connectivity index (χ1v) is 7.18. The van der Waals surface area contributed by atoms with Crippen molar-refractivity contribution in [3.05, 3.63) is 30.2 Å². The molecule has 0 bridgehead atoms. The van der Waals surface area contributed by atoms with Crippen LogP contribution >= 0.6 is 0 Å². The minimum Gasteiger partial charge on any atom is -0.465 e. The number of likely N-dealkylation sites (tertiary alicyclic amines) is 1.